The molecule has 1 unspecified atom stereocenters. The van der Waals surface area contributed by atoms with E-state index < -0.39 is 0 Å². The number of fused-ring (bicyclic) bond motifs is 1. The summed E-state index contributed by atoms with van der Waals surface area (Å²) in [6, 6.07) is 9.46. The molecule has 0 spiro atoms. The normalized spacial score (nSPS) is 22.2. The summed E-state index contributed by atoms with van der Waals surface area (Å²) in [6.07, 6.45) is 1.16. The van der Waals surface area contributed by atoms with Crippen LogP contribution in [0.25, 0.3) is 0 Å². The van der Waals surface area contributed by atoms with E-state index in [9.17, 15) is 0 Å². The zero-order valence-electron chi connectivity index (χ0n) is 8.90. The van der Waals surface area contributed by atoms with Crippen molar-refractivity contribution in [1.29, 1.82) is 0 Å². The van der Waals surface area contributed by atoms with Crippen LogP contribution in [0.1, 0.15) is 19.4 Å². The van der Waals surface area contributed by atoms with E-state index >= 15 is 0 Å². The topological polar surface area (TPSA) is 29.3 Å². The number of hydrogen-bond acceptors (Lipinski definition) is 2. The predicted molar refractivity (Wildman–Crippen MR) is 60.6 cm³/mol. The van der Waals surface area contributed by atoms with Crippen molar-refractivity contribution in [3.63, 3.8) is 0 Å². The Hall–Kier alpha value is -1.02. The molecule has 2 rings (SSSR count). The van der Waals surface area contributed by atoms with Gasteiger partial charge < -0.3 is 10.6 Å². The molecule has 1 aromatic carbocycles. The molecule has 0 radical (unpaired) electrons. The van der Waals surface area contributed by atoms with Gasteiger partial charge in [0.05, 0.1) is 0 Å². The maximum atomic E-state index is 5.85. The van der Waals surface area contributed by atoms with Gasteiger partial charge in [-0.15, -0.1) is 0 Å². The van der Waals surface area contributed by atoms with E-state index in [-0.39, 0.29) is 6.04 Å². The molecular weight excluding hydrogens is 172 g/mol. The Bertz CT molecular complexity index is 320. The van der Waals surface area contributed by atoms with Gasteiger partial charge in [0.2, 0.25) is 0 Å². The first kappa shape index (κ1) is 9.53. The first-order chi connectivity index (χ1) is 6.68. The molecule has 0 amide bonds. The lowest BCUT2D eigenvalue weighted by Gasteiger charge is -2.26. The van der Waals surface area contributed by atoms with Gasteiger partial charge in [0.15, 0.2) is 0 Å². The SMILES string of the molecule is CC1Cc2ccccc2N1C[C@H](C)N. The third-order valence-electron chi connectivity index (χ3n) is 2.83. The molecule has 2 N–H and O–H groups in total. The minimum Gasteiger partial charge on any atom is -0.367 e. The number of nitrogens with two attached hydrogens (primary N) is 1. The van der Waals surface area contributed by atoms with Crippen LogP contribution in [0.5, 0.6) is 0 Å². The number of nitrogens with zero attached hydrogens (tertiary/aromatic N) is 1. The van der Waals surface area contributed by atoms with Crippen LogP contribution < -0.4 is 10.6 Å². The molecule has 2 atom stereocenters. The third kappa shape index (κ3) is 1.62. The van der Waals surface area contributed by atoms with Crippen molar-refractivity contribution >= 4 is 5.69 Å². The van der Waals surface area contributed by atoms with E-state index in [2.05, 4.69) is 43.0 Å². The Balaban J connectivity index is 2.25. The van der Waals surface area contributed by atoms with Crippen LogP contribution in [-0.2, 0) is 6.42 Å². The van der Waals surface area contributed by atoms with Crippen molar-refractivity contribution < 1.29 is 0 Å². The molecule has 2 heteroatoms. The molecule has 1 aliphatic heterocycles. The van der Waals surface area contributed by atoms with Crippen molar-refractivity contribution in [2.24, 2.45) is 5.73 Å². The van der Waals surface area contributed by atoms with Crippen LogP contribution in [0.3, 0.4) is 0 Å². The van der Waals surface area contributed by atoms with Crippen molar-refractivity contribution in [2.75, 3.05) is 11.4 Å². The zero-order valence-corrected chi connectivity index (χ0v) is 8.90. The Morgan fingerprint density at radius 2 is 2.21 bits per heavy atom. The van der Waals surface area contributed by atoms with Gasteiger partial charge in [-0.1, -0.05) is 18.2 Å². The fraction of sp³-hybridized carbons (Fsp3) is 0.500. The highest BCUT2D eigenvalue weighted by Gasteiger charge is 2.25. The number of para-hydroxylation sites is 1. The van der Waals surface area contributed by atoms with Crippen LogP contribution in [0.4, 0.5) is 5.69 Å². The molecule has 1 aromatic rings. The lowest BCUT2D eigenvalue weighted by molar-refractivity contribution is 0.617. The zero-order chi connectivity index (χ0) is 10.1. The minimum atomic E-state index is 0.239. The second kappa shape index (κ2) is 3.62. The Kier molecular flexibility index (Phi) is 2.46. The van der Waals surface area contributed by atoms with Gasteiger partial charge in [-0.05, 0) is 31.9 Å². The smallest absolute Gasteiger partial charge is 0.0402 e. The second-order valence-electron chi connectivity index (χ2n) is 4.31. The molecule has 1 aliphatic rings. The van der Waals surface area contributed by atoms with Gasteiger partial charge in [-0.3, -0.25) is 0 Å². The summed E-state index contributed by atoms with van der Waals surface area (Å²) >= 11 is 0. The molecule has 0 saturated carbocycles. The van der Waals surface area contributed by atoms with Gasteiger partial charge in [-0.25, -0.2) is 0 Å². The highest BCUT2D eigenvalue weighted by molar-refractivity contribution is 5.59. The van der Waals surface area contributed by atoms with Crippen molar-refractivity contribution in [3.8, 4) is 0 Å². The molecule has 14 heavy (non-hydrogen) atoms. The van der Waals surface area contributed by atoms with Gasteiger partial charge in [0.1, 0.15) is 0 Å². The summed E-state index contributed by atoms with van der Waals surface area (Å²) in [4.78, 5) is 2.42. The van der Waals surface area contributed by atoms with Gasteiger partial charge in [0, 0.05) is 24.3 Å². The van der Waals surface area contributed by atoms with E-state index in [4.69, 9.17) is 5.73 Å². The molecule has 0 bridgehead atoms. The Labute approximate surface area is 85.7 Å². The summed E-state index contributed by atoms with van der Waals surface area (Å²) in [5.74, 6) is 0. The third-order valence-corrected chi connectivity index (χ3v) is 2.83. The first-order valence-corrected chi connectivity index (χ1v) is 5.28. The van der Waals surface area contributed by atoms with Crippen LogP contribution >= 0.6 is 0 Å². The van der Waals surface area contributed by atoms with Gasteiger partial charge in [-0.2, -0.15) is 0 Å². The fourth-order valence-electron chi connectivity index (χ4n) is 2.22. The molecule has 0 fully saturated rings. The van der Waals surface area contributed by atoms with E-state index in [1.54, 1.807) is 0 Å². The summed E-state index contributed by atoms with van der Waals surface area (Å²) in [5, 5.41) is 0. The summed E-state index contributed by atoms with van der Waals surface area (Å²) < 4.78 is 0. The van der Waals surface area contributed by atoms with E-state index in [0.717, 1.165) is 13.0 Å². The van der Waals surface area contributed by atoms with E-state index in [1.807, 2.05) is 0 Å². The highest BCUT2D eigenvalue weighted by atomic mass is 15.2. The minimum absolute atomic E-state index is 0.239. The highest BCUT2D eigenvalue weighted by Crippen LogP contribution is 2.31. The average Bonchev–Trinajstić information content (AvgIpc) is 2.43. The van der Waals surface area contributed by atoms with E-state index in [1.165, 1.54) is 11.3 Å². The number of rotatable bonds is 2. The Morgan fingerprint density at radius 3 is 2.93 bits per heavy atom. The van der Waals surface area contributed by atoms with Crippen molar-refractivity contribution in [3.05, 3.63) is 29.8 Å². The van der Waals surface area contributed by atoms with Gasteiger partial charge in [0.25, 0.3) is 0 Å². The van der Waals surface area contributed by atoms with E-state index in [0.29, 0.717) is 6.04 Å². The Morgan fingerprint density at radius 1 is 1.50 bits per heavy atom. The monoisotopic (exact) mass is 190 g/mol. The number of benzene rings is 1. The lowest BCUT2D eigenvalue weighted by atomic mass is 10.1. The quantitative estimate of drug-likeness (QED) is 0.770. The van der Waals surface area contributed by atoms with Crippen molar-refractivity contribution in [2.45, 2.75) is 32.4 Å². The average molecular weight is 190 g/mol. The van der Waals surface area contributed by atoms with Crippen LogP contribution in [0, 0.1) is 0 Å². The number of hydrogen-bond donors (Lipinski definition) is 1. The molecule has 76 valence electrons. The largest absolute Gasteiger partial charge is 0.367 e. The first-order valence-electron chi connectivity index (χ1n) is 5.28. The molecule has 1 heterocycles. The van der Waals surface area contributed by atoms with Crippen LogP contribution in [-0.4, -0.2) is 18.6 Å². The summed E-state index contributed by atoms with van der Waals surface area (Å²) in [7, 11) is 0. The summed E-state index contributed by atoms with van der Waals surface area (Å²) in [6.45, 7) is 5.29. The lowest BCUT2D eigenvalue weighted by Crippen LogP contribution is -2.38. The standard InChI is InChI=1S/C12H18N2/c1-9(13)8-14-10(2)7-11-5-3-4-6-12(11)14/h3-6,9-10H,7-8,13H2,1-2H3/t9-,10?/m0/s1. The van der Waals surface area contributed by atoms with Crippen molar-refractivity contribution in [1.82, 2.24) is 0 Å². The molecule has 2 nitrogen and oxygen atoms in total. The summed E-state index contributed by atoms with van der Waals surface area (Å²) in [5.41, 5.74) is 8.68. The number of anilines is 1. The molecule has 0 saturated heterocycles. The molecule has 0 aliphatic carbocycles. The predicted octanol–water partition coefficient (Wildman–Crippen LogP) is 1.78. The fourth-order valence-corrected chi connectivity index (χ4v) is 2.22. The second-order valence-corrected chi connectivity index (χ2v) is 4.31. The molecular formula is C12H18N2. The van der Waals surface area contributed by atoms with Crippen LogP contribution in [0.2, 0.25) is 0 Å². The molecule has 0 aromatic heterocycles. The van der Waals surface area contributed by atoms with Gasteiger partial charge >= 0.3 is 0 Å². The van der Waals surface area contributed by atoms with Crippen LogP contribution in [0.15, 0.2) is 24.3 Å². The maximum Gasteiger partial charge on any atom is 0.0402 e. The maximum absolute atomic E-state index is 5.85.